The summed E-state index contributed by atoms with van der Waals surface area (Å²) in [5.41, 5.74) is -0.703. The second kappa shape index (κ2) is 7.81. The number of rotatable bonds is 7. The number of nitrogens with zero attached hydrogens (tertiary/aromatic N) is 3. The minimum atomic E-state index is -0.763. The second-order valence-electron chi connectivity index (χ2n) is 4.12. The van der Waals surface area contributed by atoms with Crippen molar-refractivity contribution >= 4 is 11.6 Å². The molecule has 0 saturated carbocycles. The number of aromatic hydroxyl groups is 1. The number of nitro groups is 1. The standard InChI is InChI=1S/C13H15N3O5/c1-21-9-8-15(7-3-6-14)13(18)10-4-2-5-11(12(10)17)16(19)20/h2,4-5,17H,3,7-9H2,1H3. The minimum Gasteiger partial charge on any atom is -0.502 e. The van der Waals surface area contributed by atoms with Crippen LogP contribution in [0.15, 0.2) is 18.2 Å². The number of carbonyl (C=O) groups excluding carboxylic acids is 1. The van der Waals surface area contributed by atoms with Crippen LogP contribution in [0, 0.1) is 21.4 Å². The van der Waals surface area contributed by atoms with Gasteiger partial charge in [-0.2, -0.15) is 5.26 Å². The minimum absolute atomic E-state index is 0.116. The summed E-state index contributed by atoms with van der Waals surface area (Å²) >= 11 is 0. The molecule has 8 nitrogen and oxygen atoms in total. The van der Waals surface area contributed by atoms with Gasteiger partial charge >= 0.3 is 5.69 Å². The Kier molecular flexibility index (Phi) is 6.10. The third-order valence-corrected chi connectivity index (χ3v) is 2.79. The van der Waals surface area contributed by atoms with Crippen LogP contribution in [0.1, 0.15) is 16.8 Å². The van der Waals surface area contributed by atoms with Gasteiger partial charge in [0.2, 0.25) is 5.75 Å². The zero-order chi connectivity index (χ0) is 15.8. The molecule has 0 spiro atoms. The maximum absolute atomic E-state index is 12.3. The van der Waals surface area contributed by atoms with Crippen LogP contribution >= 0.6 is 0 Å². The fourth-order valence-corrected chi connectivity index (χ4v) is 1.72. The fourth-order valence-electron chi connectivity index (χ4n) is 1.72. The molecule has 0 heterocycles. The highest BCUT2D eigenvalue weighted by Crippen LogP contribution is 2.30. The van der Waals surface area contributed by atoms with Gasteiger partial charge in [-0.25, -0.2) is 0 Å². The zero-order valence-corrected chi connectivity index (χ0v) is 11.5. The quantitative estimate of drug-likeness (QED) is 0.598. The second-order valence-corrected chi connectivity index (χ2v) is 4.12. The maximum Gasteiger partial charge on any atom is 0.311 e. The van der Waals surface area contributed by atoms with Crippen LogP contribution in [0.25, 0.3) is 0 Å². The molecule has 1 amide bonds. The summed E-state index contributed by atoms with van der Waals surface area (Å²) in [6.45, 7) is 0.632. The molecule has 0 radical (unpaired) electrons. The number of nitriles is 1. The molecule has 0 saturated heterocycles. The van der Waals surface area contributed by atoms with Gasteiger partial charge in [-0.3, -0.25) is 14.9 Å². The number of carbonyl (C=O) groups is 1. The van der Waals surface area contributed by atoms with Crippen molar-refractivity contribution in [2.75, 3.05) is 26.8 Å². The Morgan fingerprint density at radius 2 is 2.24 bits per heavy atom. The van der Waals surface area contributed by atoms with Crippen LogP contribution in [-0.2, 0) is 4.74 Å². The largest absolute Gasteiger partial charge is 0.502 e. The van der Waals surface area contributed by atoms with Crippen LogP contribution in [0.4, 0.5) is 5.69 Å². The van der Waals surface area contributed by atoms with Crippen LogP contribution < -0.4 is 0 Å². The lowest BCUT2D eigenvalue weighted by Gasteiger charge is -2.21. The number of ether oxygens (including phenoxy) is 1. The van der Waals surface area contributed by atoms with E-state index < -0.39 is 22.3 Å². The predicted octanol–water partition coefficient (Wildman–Crippen LogP) is 1.30. The topological polar surface area (TPSA) is 117 Å². The summed E-state index contributed by atoms with van der Waals surface area (Å²) in [6.07, 6.45) is 0.116. The Morgan fingerprint density at radius 1 is 1.52 bits per heavy atom. The van der Waals surface area contributed by atoms with Gasteiger partial charge in [0.25, 0.3) is 5.91 Å². The molecule has 8 heteroatoms. The molecule has 0 fully saturated rings. The molecule has 0 unspecified atom stereocenters. The summed E-state index contributed by atoms with van der Waals surface area (Å²) in [7, 11) is 1.47. The molecule has 1 N–H and O–H groups in total. The Bertz CT molecular complexity index is 567. The van der Waals surface area contributed by atoms with Gasteiger partial charge in [0.05, 0.1) is 29.6 Å². The van der Waals surface area contributed by atoms with Gasteiger partial charge in [-0.1, -0.05) is 6.07 Å². The number of hydrogen-bond acceptors (Lipinski definition) is 6. The van der Waals surface area contributed by atoms with Gasteiger partial charge < -0.3 is 14.7 Å². The number of nitro benzene ring substituents is 1. The molecule has 0 aliphatic carbocycles. The van der Waals surface area contributed by atoms with Crippen LogP contribution in [0.3, 0.4) is 0 Å². The van der Waals surface area contributed by atoms with Crippen molar-refractivity contribution < 1.29 is 19.6 Å². The Balaban J connectivity index is 3.05. The molecule has 1 aromatic carbocycles. The number of methoxy groups -OCH3 is 1. The lowest BCUT2D eigenvalue weighted by molar-refractivity contribution is -0.385. The van der Waals surface area contributed by atoms with Crippen molar-refractivity contribution in [1.82, 2.24) is 4.90 Å². The third kappa shape index (κ3) is 4.15. The van der Waals surface area contributed by atoms with E-state index in [4.69, 9.17) is 10.00 Å². The molecule has 1 rings (SSSR count). The van der Waals surface area contributed by atoms with Crippen molar-refractivity contribution in [3.8, 4) is 11.8 Å². The molecular formula is C13H15N3O5. The van der Waals surface area contributed by atoms with E-state index in [1.165, 1.54) is 24.1 Å². The van der Waals surface area contributed by atoms with E-state index in [-0.39, 0.29) is 31.7 Å². The summed E-state index contributed by atoms with van der Waals surface area (Å²) < 4.78 is 4.88. The first-order valence-electron chi connectivity index (χ1n) is 6.14. The van der Waals surface area contributed by atoms with E-state index >= 15 is 0 Å². The first-order valence-corrected chi connectivity index (χ1v) is 6.14. The molecule has 0 aliphatic rings. The Morgan fingerprint density at radius 3 is 2.81 bits per heavy atom. The molecule has 0 atom stereocenters. The van der Waals surface area contributed by atoms with Crippen molar-refractivity contribution in [2.24, 2.45) is 0 Å². The van der Waals surface area contributed by atoms with Crippen molar-refractivity contribution in [3.05, 3.63) is 33.9 Å². The van der Waals surface area contributed by atoms with E-state index in [1.54, 1.807) is 0 Å². The number of benzene rings is 1. The zero-order valence-electron chi connectivity index (χ0n) is 11.5. The lowest BCUT2D eigenvalue weighted by atomic mass is 10.1. The van der Waals surface area contributed by atoms with E-state index in [1.807, 2.05) is 6.07 Å². The van der Waals surface area contributed by atoms with Crippen LogP contribution in [-0.4, -0.2) is 47.6 Å². The summed E-state index contributed by atoms with van der Waals surface area (Å²) in [5.74, 6) is -1.25. The van der Waals surface area contributed by atoms with Gasteiger partial charge in [0, 0.05) is 26.3 Å². The SMILES string of the molecule is COCCN(CCC#N)C(=O)c1cccc([N+](=O)[O-])c1O. The van der Waals surface area contributed by atoms with Crippen LogP contribution in [0.5, 0.6) is 5.75 Å². The van der Waals surface area contributed by atoms with Crippen molar-refractivity contribution in [3.63, 3.8) is 0 Å². The van der Waals surface area contributed by atoms with E-state index in [0.29, 0.717) is 0 Å². The first kappa shape index (κ1) is 16.4. The van der Waals surface area contributed by atoms with Gasteiger partial charge in [-0.15, -0.1) is 0 Å². The molecule has 0 bridgehead atoms. The van der Waals surface area contributed by atoms with Gasteiger partial charge in [0.1, 0.15) is 0 Å². The van der Waals surface area contributed by atoms with Gasteiger partial charge in [0.15, 0.2) is 0 Å². The normalized spacial score (nSPS) is 9.90. The number of para-hydroxylation sites is 1. The van der Waals surface area contributed by atoms with Crippen molar-refractivity contribution in [2.45, 2.75) is 6.42 Å². The Hall–Kier alpha value is -2.66. The third-order valence-electron chi connectivity index (χ3n) is 2.79. The molecular weight excluding hydrogens is 278 g/mol. The highest BCUT2D eigenvalue weighted by atomic mass is 16.6. The van der Waals surface area contributed by atoms with E-state index in [9.17, 15) is 20.0 Å². The fraction of sp³-hybridized carbons (Fsp3) is 0.385. The average molecular weight is 293 g/mol. The lowest BCUT2D eigenvalue weighted by Crippen LogP contribution is -2.34. The first-order chi connectivity index (χ1) is 10.0. The number of phenols is 1. The smallest absolute Gasteiger partial charge is 0.311 e. The highest BCUT2D eigenvalue weighted by Gasteiger charge is 2.24. The van der Waals surface area contributed by atoms with E-state index in [2.05, 4.69) is 0 Å². The number of hydrogen-bond donors (Lipinski definition) is 1. The van der Waals surface area contributed by atoms with Gasteiger partial charge in [-0.05, 0) is 6.07 Å². The molecule has 1 aromatic rings. The van der Waals surface area contributed by atoms with Crippen molar-refractivity contribution in [1.29, 1.82) is 5.26 Å². The number of phenolic OH excluding ortho intramolecular Hbond substituents is 1. The predicted molar refractivity (Wildman–Crippen MR) is 72.8 cm³/mol. The van der Waals surface area contributed by atoms with Crippen LogP contribution in [0.2, 0.25) is 0 Å². The average Bonchev–Trinajstić information content (AvgIpc) is 2.46. The summed E-state index contributed by atoms with van der Waals surface area (Å²) in [4.78, 5) is 23.6. The monoisotopic (exact) mass is 293 g/mol. The van der Waals surface area contributed by atoms with E-state index in [0.717, 1.165) is 6.07 Å². The molecule has 0 aromatic heterocycles. The summed E-state index contributed by atoms with van der Waals surface area (Å²) in [6, 6.07) is 5.66. The molecule has 0 aliphatic heterocycles. The summed E-state index contributed by atoms with van der Waals surface area (Å²) in [5, 5.41) is 29.2. The maximum atomic E-state index is 12.3. The molecule has 21 heavy (non-hydrogen) atoms. The Labute approximate surface area is 121 Å². The highest BCUT2D eigenvalue weighted by molar-refractivity contribution is 5.98. The molecule has 112 valence electrons. The number of amides is 1.